The molecule has 1 atom stereocenters. The Balaban J connectivity index is 2.19. The molecule has 17 heavy (non-hydrogen) atoms. The number of amides is 1. The predicted molar refractivity (Wildman–Crippen MR) is 62.7 cm³/mol. The molecule has 1 fully saturated rings. The molecule has 2 N–H and O–H groups in total. The monoisotopic (exact) mass is 253 g/mol. The minimum absolute atomic E-state index is 0.0284. The van der Waals surface area contributed by atoms with Crippen molar-refractivity contribution in [3.8, 4) is 0 Å². The molecule has 0 saturated heterocycles. The van der Waals surface area contributed by atoms with Crippen molar-refractivity contribution >= 4 is 23.5 Å². The first kappa shape index (κ1) is 11.9. The summed E-state index contributed by atoms with van der Waals surface area (Å²) in [5, 5.41) is 12.0. The van der Waals surface area contributed by atoms with Gasteiger partial charge in [-0.2, -0.15) is 0 Å². The largest absolute Gasteiger partial charge is 0.479 e. The standard InChI is InChI=1S/C12H12ClNO3/c13-9-4-2-1-3-8(9)10(12(16)17)14-11(15)7-5-6-7/h1-4,7,10H,5-6H2,(H,14,15)(H,16,17). The second-order valence-electron chi connectivity index (χ2n) is 4.08. The van der Waals surface area contributed by atoms with Gasteiger partial charge in [-0.05, 0) is 18.9 Å². The highest BCUT2D eigenvalue weighted by molar-refractivity contribution is 6.31. The zero-order valence-electron chi connectivity index (χ0n) is 9.02. The molecule has 1 aromatic carbocycles. The van der Waals surface area contributed by atoms with Gasteiger partial charge in [0.2, 0.25) is 5.91 Å². The van der Waals surface area contributed by atoms with E-state index in [0.717, 1.165) is 12.8 Å². The van der Waals surface area contributed by atoms with Crippen molar-refractivity contribution in [1.29, 1.82) is 0 Å². The van der Waals surface area contributed by atoms with Crippen molar-refractivity contribution in [2.24, 2.45) is 5.92 Å². The van der Waals surface area contributed by atoms with Crippen LogP contribution in [0.2, 0.25) is 5.02 Å². The van der Waals surface area contributed by atoms with Gasteiger partial charge in [-0.1, -0.05) is 29.8 Å². The van der Waals surface area contributed by atoms with Crippen molar-refractivity contribution in [3.05, 3.63) is 34.9 Å². The van der Waals surface area contributed by atoms with Crippen LogP contribution in [0.1, 0.15) is 24.4 Å². The Hall–Kier alpha value is -1.55. The van der Waals surface area contributed by atoms with Crippen LogP contribution in [0.25, 0.3) is 0 Å². The Morgan fingerprint density at radius 3 is 2.53 bits per heavy atom. The van der Waals surface area contributed by atoms with Crippen LogP contribution in [0.5, 0.6) is 0 Å². The number of hydrogen-bond acceptors (Lipinski definition) is 2. The van der Waals surface area contributed by atoms with Crippen LogP contribution in [-0.2, 0) is 9.59 Å². The minimum Gasteiger partial charge on any atom is -0.479 e. The molecule has 0 bridgehead atoms. The quantitative estimate of drug-likeness (QED) is 0.862. The van der Waals surface area contributed by atoms with Crippen LogP contribution >= 0.6 is 11.6 Å². The molecule has 1 unspecified atom stereocenters. The van der Waals surface area contributed by atoms with Crippen molar-refractivity contribution in [3.63, 3.8) is 0 Å². The fourth-order valence-electron chi connectivity index (χ4n) is 1.59. The molecule has 0 radical (unpaired) electrons. The number of aliphatic carboxylic acids is 1. The van der Waals surface area contributed by atoms with E-state index in [1.807, 2.05) is 0 Å². The number of carbonyl (C=O) groups excluding carboxylic acids is 1. The summed E-state index contributed by atoms with van der Waals surface area (Å²) in [5.41, 5.74) is 0.413. The topological polar surface area (TPSA) is 66.4 Å². The molecule has 1 saturated carbocycles. The van der Waals surface area contributed by atoms with Crippen LogP contribution in [0, 0.1) is 5.92 Å². The van der Waals surface area contributed by atoms with Gasteiger partial charge in [0, 0.05) is 16.5 Å². The average Bonchev–Trinajstić information content (AvgIpc) is 3.10. The smallest absolute Gasteiger partial charge is 0.330 e. The lowest BCUT2D eigenvalue weighted by atomic mass is 10.1. The average molecular weight is 254 g/mol. The van der Waals surface area contributed by atoms with Gasteiger partial charge in [0.15, 0.2) is 6.04 Å². The van der Waals surface area contributed by atoms with E-state index in [-0.39, 0.29) is 11.8 Å². The van der Waals surface area contributed by atoms with Crippen LogP contribution < -0.4 is 5.32 Å². The van der Waals surface area contributed by atoms with Crippen molar-refractivity contribution in [2.75, 3.05) is 0 Å². The van der Waals surface area contributed by atoms with Crippen molar-refractivity contribution < 1.29 is 14.7 Å². The number of rotatable bonds is 4. The zero-order valence-corrected chi connectivity index (χ0v) is 9.78. The van der Waals surface area contributed by atoms with Gasteiger partial charge in [-0.3, -0.25) is 4.79 Å². The highest BCUT2D eigenvalue weighted by Gasteiger charge is 2.33. The summed E-state index contributed by atoms with van der Waals surface area (Å²) in [6.07, 6.45) is 1.67. The molecule has 1 amide bonds. The molecule has 1 aromatic rings. The number of carboxylic acids is 1. The molecule has 1 aliphatic carbocycles. The first-order chi connectivity index (χ1) is 8.09. The Kier molecular flexibility index (Phi) is 3.33. The predicted octanol–water partition coefficient (Wildman–Crippen LogP) is 1.99. The van der Waals surface area contributed by atoms with Crippen LogP contribution in [0.4, 0.5) is 0 Å². The zero-order chi connectivity index (χ0) is 12.4. The number of hydrogen-bond donors (Lipinski definition) is 2. The summed E-state index contributed by atoms with van der Waals surface area (Å²) in [7, 11) is 0. The summed E-state index contributed by atoms with van der Waals surface area (Å²) in [6, 6.07) is 5.55. The van der Waals surface area contributed by atoms with E-state index in [1.54, 1.807) is 24.3 Å². The Labute approximate surface area is 104 Å². The van der Waals surface area contributed by atoms with Gasteiger partial charge < -0.3 is 10.4 Å². The molecule has 4 nitrogen and oxygen atoms in total. The van der Waals surface area contributed by atoms with Gasteiger partial charge in [0.1, 0.15) is 0 Å². The van der Waals surface area contributed by atoms with Gasteiger partial charge >= 0.3 is 5.97 Å². The highest BCUT2D eigenvalue weighted by atomic mass is 35.5. The maximum Gasteiger partial charge on any atom is 0.330 e. The fourth-order valence-corrected chi connectivity index (χ4v) is 1.83. The summed E-state index contributed by atoms with van der Waals surface area (Å²) in [5.74, 6) is -1.34. The molecule has 0 heterocycles. The van der Waals surface area contributed by atoms with Gasteiger partial charge in [0.05, 0.1) is 0 Å². The fraction of sp³-hybridized carbons (Fsp3) is 0.333. The third kappa shape index (κ3) is 2.77. The molecular weight excluding hydrogens is 242 g/mol. The molecule has 0 spiro atoms. The van der Waals surface area contributed by atoms with Crippen LogP contribution in [-0.4, -0.2) is 17.0 Å². The molecule has 0 aromatic heterocycles. The Morgan fingerprint density at radius 1 is 1.35 bits per heavy atom. The molecule has 2 rings (SSSR count). The molecule has 0 aliphatic heterocycles. The van der Waals surface area contributed by atoms with Gasteiger partial charge in [0.25, 0.3) is 0 Å². The second-order valence-corrected chi connectivity index (χ2v) is 4.48. The number of nitrogens with one attached hydrogen (secondary N) is 1. The van der Waals surface area contributed by atoms with Crippen LogP contribution in [0.15, 0.2) is 24.3 Å². The maximum atomic E-state index is 11.6. The number of carboxylic acid groups (broad SMARTS) is 1. The van der Waals surface area contributed by atoms with E-state index in [4.69, 9.17) is 16.7 Å². The lowest BCUT2D eigenvalue weighted by molar-refractivity contribution is -0.142. The van der Waals surface area contributed by atoms with E-state index in [0.29, 0.717) is 10.6 Å². The van der Waals surface area contributed by atoms with E-state index < -0.39 is 12.0 Å². The first-order valence-corrected chi connectivity index (χ1v) is 5.75. The normalized spacial score (nSPS) is 16.3. The Bertz CT molecular complexity index is 457. The SMILES string of the molecule is O=C(NC(C(=O)O)c1ccccc1Cl)C1CC1. The lowest BCUT2D eigenvalue weighted by Gasteiger charge is -2.15. The number of carbonyl (C=O) groups is 2. The number of benzene rings is 1. The van der Waals surface area contributed by atoms with E-state index in [1.165, 1.54) is 0 Å². The van der Waals surface area contributed by atoms with Crippen molar-refractivity contribution in [2.45, 2.75) is 18.9 Å². The summed E-state index contributed by atoms with van der Waals surface area (Å²) in [6.45, 7) is 0. The summed E-state index contributed by atoms with van der Waals surface area (Å²) in [4.78, 5) is 22.7. The maximum absolute atomic E-state index is 11.6. The molecule has 5 heteroatoms. The molecular formula is C12H12ClNO3. The molecule has 90 valence electrons. The lowest BCUT2D eigenvalue weighted by Crippen LogP contribution is -2.34. The van der Waals surface area contributed by atoms with Gasteiger partial charge in [-0.15, -0.1) is 0 Å². The number of halogens is 1. The second kappa shape index (κ2) is 4.75. The van der Waals surface area contributed by atoms with E-state index >= 15 is 0 Å². The van der Waals surface area contributed by atoms with Crippen molar-refractivity contribution in [1.82, 2.24) is 5.32 Å². The minimum atomic E-state index is -1.10. The summed E-state index contributed by atoms with van der Waals surface area (Å²) < 4.78 is 0. The highest BCUT2D eigenvalue weighted by Crippen LogP contribution is 2.30. The molecule has 1 aliphatic rings. The first-order valence-electron chi connectivity index (χ1n) is 5.37. The third-order valence-electron chi connectivity index (χ3n) is 2.70. The van der Waals surface area contributed by atoms with Gasteiger partial charge in [-0.25, -0.2) is 4.79 Å². The Morgan fingerprint density at radius 2 is 2.00 bits per heavy atom. The van der Waals surface area contributed by atoms with E-state index in [9.17, 15) is 9.59 Å². The van der Waals surface area contributed by atoms with Crippen LogP contribution in [0.3, 0.4) is 0 Å². The van der Waals surface area contributed by atoms with E-state index in [2.05, 4.69) is 5.32 Å². The third-order valence-corrected chi connectivity index (χ3v) is 3.04. The summed E-state index contributed by atoms with van der Waals surface area (Å²) >= 11 is 5.93.